The van der Waals surface area contributed by atoms with E-state index in [-0.39, 0.29) is 16.3 Å². The molecule has 0 fully saturated rings. The smallest absolute Gasteiger partial charge is 0.0491 e. The number of nitrogens with zero attached hydrogens (tertiary/aromatic N) is 1. The molecule has 0 aromatic heterocycles. The summed E-state index contributed by atoms with van der Waals surface area (Å²) >= 11 is 0. The van der Waals surface area contributed by atoms with E-state index in [1.165, 1.54) is 225 Å². The second kappa shape index (κ2) is 71.1. The molecule has 0 rings (SSSR count). The minimum Gasteiger partial charge on any atom is -0.400 e. The van der Waals surface area contributed by atoms with Gasteiger partial charge in [0.15, 0.2) is 0 Å². The molecule has 0 amide bonds. The van der Waals surface area contributed by atoms with Crippen molar-refractivity contribution in [2.75, 3.05) is 59.7 Å². The third kappa shape index (κ3) is 73.1. The monoisotopic (exact) mass is 833 g/mol. The van der Waals surface area contributed by atoms with Crippen LogP contribution in [0.15, 0.2) is 12.7 Å². The van der Waals surface area contributed by atoms with Crippen molar-refractivity contribution in [3.63, 3.8) is 0 Å². The summed E-state index contributed by atoms with van der Waals surface area (Å²) in [5.41, 5.74) is 0. The Kier molecular flexibility index (Phi) is 84.8. The van der Waals surface area contributed by atoms with E-state index < -0.39 is 0 Å². The lowest BCUT2D eigenvalue weighted by Gasteiger charge is -2.22. The van der Waals surface area contributed by atoms with Crippen molar-refractivity contribution in [2.24, 2.45) is 5.92 Å². The van der Waals surface area contributed by atoms with Gasteiger partial charge in [-0.3, -0.25) is 0 Å². The number of hydrogen-bond donors (Lipinski definition) is 3. The predicted octanol–water partition coefficient (Wildman–Crippen LogP) is 16.8. The van der Waals surface area contributed by atoms with Gasteiger partial charge in [0.25, 0.3) is 0 Å². The van der Waals surface area contributed by atoms with Gasteiger partial charge in [0.1, 0.15) is 0 Å². The Hall–Kier alpha value is -0.460. The van der Waals surface area contributed by atoms with Crippen LogP contribution in [0.4, 0.5) is 0 Å². The van der Waals surface area contributed by atoms with Crippen molar-refractivity contribution in [2.45, 2.75) is 268 Å². The summed E-state index contributed by atoms with van der Waals surface area (Å²) in [4.78, 5) is 2.71. The Bertz CT molecular complexity index is 614. The zero-order valence-electron chi connectivity index (χ0n) is 40.1. The summed E-state index contributed by atoms with van der Waals surface area (Å²) < 4.78 is 5.94. The summed E-state index contributed by atoms with van der Waals surface area (Å²) in [6, 6.07) is 0. The van der Waals surface area contributed by atoms with Crippen molar-refractivity contribution in [1.82, 2.24) is 10.2 Å². The molecular weight excluding hydrogens is 713 g/mol. The predicted molar refractivity (Wildman–Crippen MR) is 271 cm³/mol. The van der Waals surface area contributed by atoms with E-state index in [1.807, 2.05) is 0 Å². The SMILES string of the molecule is C.C.C=CCCCCCCN(CCCCCCCC(C)COCCCCCCCCC)CCNCCC.CCCCCCCCC.CCCCCCCCCO.CO.[HH]. The van der Waals surface area contributed by atoms with E-state index in [9.17, 15) is 0 Å². The molecule has 5 heteroatoms. The fourth-order valence-corrected chi connectivity index (χ4v) is 6.84. The zero-order chi connectivity index (χ0) is 42.3. The first kappa shape index (κ1) is 69.2. The lowest BCUT2D eigenvalue weighted by atomic mass is 10.0. The van der Waals surface area contributed by atoms with Gasteiger partial charge >= 0.3 is 0 Å². The number of allylic oxidation sites excluding steroid dienone is 1. The molecule has 1 atom stereocenters. The van der Waals surface area contributed by atoms with E-state index in [1.54, 1.807) is 0 Å². The maximum absolute atomic E-state index is 8.47. The Labute approximate surface area is 372 Å². The highest BCUT2D eigenvalue weighted by Gasteiger charge is 2.06. The Morgan fingerprint density at radius 2 is 0.914 bits per heavy atom. The van der Waals surface area contributed by atoms with E-state index in [0.717, 1.165) is 45.8 Å². The first-order valence-corrected chi connectivity index (χ1v) is 25.2. The number of unbranched alkanes of at least 4 members (excludes halogenated alkanes) is 26. The second-order valence-corrected chi connectivity index (χ2v) is 16.6. The van der Waals surface area contributed by atoms with Crippen molar-refractivity contribution >= 4 is 0 Å². The Morgan fingerprint density at radius 1 is 0.517 bits per heavy atom. The van der Waals surface area contributed by atoms with Crippen molar-refractivity contribution in [1.29, 1.82) is 0 Å². The van der Waals surface area contributed by atoms with E-state index in [4.69, 9.17) is 14.9 Å². The maximum atomic E-state index is 8.47. The molecule has 0 radical (unpaired) electrons. The summed E-state index contributed by atoms with van der Waals surface area (Å²) in [7, 11) is 1.00. The van der Waals surface area contributed by atoms with Gasteiger partial charge in [0.2, 0.25) is 0 Å². The van der Waals surface area contributed by atoms with Gasteiger partial charge in [-0.2, -0.15) is 0 Å². The first-order chi connectivity index (χ1) is 27.6. The maximum Gasteiger partial charge on any atom is 0.0491 e. The zero-order valence-corrected chi connectivity index (χ0v) is 40.1. The van der Waals surface area contributed by atoms with Gasteiger partial charge in [-0.05, 0) is 76.9 Å². The van der Waals surface area contributed by atoms with Gasteiger partial charge in [0, 0.05) is 41.4 Å². The van der Waals surface area contributed by atoms with Gasteiger partial charge in [-0.15, -0.1) is 6.58 Å². The summed E-state index contributed by atoms with van der Waals surface area (Å²) in [6.07, 6.45) is 46.6. The van der Waals surface area contributed by atoms with Crippen LogP contribution in [-0.2, 0) is 4.74 Å². The third-order valence-electron chi connectivity index (χ3n) is 10.6. The van der Waals surface area contributed by atoms with Crippen molar-refractivity contribution < 1.29 is 16.4 Å². The van der Waals surface area contributed by atoms with Gasteiger partial charge in [-0.1, -0.05) is 223 Å². The molecule has 0 aliphatic rings. The normalized spacial score (nSPS) is 10.9. The highest BCUT2D eigenvalue weighted by molar-refractivity contribution is 4.66. The Morgan fingerprint density at radius 3 is 1.34 bits per heavy atom. The number of rotatable bonds is 43. The minimum absolute atomic E-state index is 0. The molecule has 0 aromatic rings. The van der Waals surface area contributed by atoms with Crippen LogP contribution in [0.5, 0.6) is 0 Å². The molecule has 0 aliphatic heterocycles. The van der Waals surface area contributed by atoms with Gasteiger partial charge in [0.05, 0.1) is 0 Å². The average molecular weight is 834 g/mol. The van der Waals surface area contributed by atoms with Crippen LogP contribution in [0.1, 0.15) is 270 Å². The van der Waals surface area contributed by atoms with Gasteiger partial charge < -0.3 is 25.2 Å². The number of ether oxygens (including phenoxy) is 1. The molecule has 0 saturated carbocycles. The third-order valence-corrected chi connectivity index (χ3v) is 10.6. The summed E-state index contributed by atoms with van der Waals surface area (Å²) in [5.74, 6) is 0.720. The van der Waals surface area contributed by atoms with Crippen LogP contribution >= 0.6 is 0 Å². The first-order valence-electron chi connectivity index (χ1n) is 25.2. The lowest BCUT2D eigenvalue weighted by Crippen LogP contribution is -2.34. The van der Waals surface area contributed by atoms with E-state index in [0.29, 0.717) is 6.61 Å². The quantitative estimate of drug-likeness (QED) is 0.0422. The second-order valence-electron chi connectivity index (χ2n) is 16.6. The van der Waals surface area contributed by atoms with Crippen LogP contribution in [0.25, 0.3) is 0 Å². The van der Waals surface area contributed by atoms with E-state index in [2.05, 4.69) is 64.4 Å². The molecule has 58 heavy (non-hydrogen) atoms. The molecule has 0 aromatic carbocycles. The molecule has 0 bridgehead atoms. The molecule has 0 heterocycles. The minimum atomic E-state index is 0. The Balaban J connectivity index is -0.000000185. The molecule has 0 aliphatic carbocycles. The molecular formula is C53H120N2O3. The van der Waals surface area contributed by atoms with Crippen LogP contribution in [0, 0.1) is 5.92 Å². The fourth-order valence-electron chi connectivity index (χ4n) is 6.84. The highest BCUT2D eigenvalue weighted by atomic mass is 16.5. The average Bonchev–Trinajstić information content (AvgIpc) is 3.22. The molecule has 360 valence electrons. The lowest BCUT2D eigenvalue weighted by molar-refractivity contribution is 0.0976. The standard InChI is InChI=1S/C32H66N2O.C9H20O.C9H20.CH4O.2CH4.H2/c1-5-8-10-12-14-19-23-30-35-31-32(4)24-20-16-15-18-22-28-34(29-26-33-25-7-3)27-21-17-13-11-9-6-2;1-2-3-4-5-6-7-8-9-10;1-3-5-7-9-8-6-4-2;1-2;;;/h6,32-33H,2,5,7-31H2,1,3-4H3;10H,2-9H2,1H3;3-9H2,1-2H3;2H,1H3;2*1H4;1H. The van der Waals surface area contributed by atoms with E-state index >= 15 is 0 Å². The molecule has 0 saturated heterocycles. The van der Waals surface area contributed by atoms with Crippen LogP contribution in [0.3, 0.4) is 0 Å². The van der Waals surface area contributed by atoms with Crippen LogP contribution in [-0.4, -0.2) is 74.8 Å². The topological polar surface area (TPSA) is 65.0 Å². The fraction of sp³-hybridized carbons (Fsp3) is 0.962. The molecule has 5 nitrogen and oxygen atoms in total. The highest BCUT2D eigenvalue weighted by Crippen LogP contribution is 2.14. The number of hydrogen-bond acceptors (Lipinski definition) is 5. The van der Waals surface area contributed by atoms with Crippen LogP contribution < -0.4 is 5.32 Å². The van der Waals surface area contributed by atoms with Crippen LogP contribution in [0.2, 0.25) is 0 Å². The molecule has 0 spiro atoms. The number of nitrogens with one attached hydrogen (secondary N) is 1. The summed E-state index contributed by atoms with van der Waals surface area (Å²) in [6.45, 7) is 25.9. The number of aliphatic hydroxyl groups is 2. The number of aliphatic hydroxyl groups excluding tert-OH is 2. The van der Waals surface area contributed by atoms with Crippen molar-refractivity contribution in [3.8, 4) is 0 Å². The van der Waals surface area contributed by atoms with Crippen molar-refractivity contribution in [3.05, 3.63) is 12.7 Å². The summed E-state index contributed by atoms with van der Waals surface area (Å²) in [5, 5.41) is 19.1. The molecule has 3 N–H and O–H groups in total. The molecule has 1 unspecified atom stereocenters. The van der Waals surface area contributed by atoms with Gasteiger partial charge in [-0.25, -0.2) is 0 Å². The largest absolute Gasteiger partial charge is 0.400 e.